The van der Waals surface area contributed by atoms with Crippen LogP contribution in [0.25, 0.3) is 0 Å². The van der Waals surface area contributed by atoms with Gasteiger partial charge in [0.25, 0.3) is 0 Å². The Kier molecular flexibility index (Phi) is 3.89. The summed E-state index contributed by atoms with van der Waals surface area (Å²) >= 11 is 0. The molecule has 0 spiro atoms. The van der Waals surface area contributed by atoms with Crippen LogP contribution in [0.3, 0.4) is 0 Å². The zero-order chi connectivity index (χ0) is 9.90. The average Bonchev–Trinajstić information content (AvgIpc) is 2.57. The van der Waals surface area contributed by atoms with Crippen LogP contribution in [0, 0.1) is 0 Å². The Morgan fingerprint density at radius 3 is 2.85 bits per heavy atom. The zero-order valence-electron chi connectivity index (χ0n) is 7.51. The van der Waals surface area contributed by atoms with Gasteiger partial charge in [0.2, 0.25) is 0 Å². The molecule has 0 saturated carbocycles. The largest absolute Gasteiger partial charge is 0.426 e. The molecule has 1 aliphatic heterocycles. The minimum atomic E-state index is -3.51. The third-order valence-electron chi connectivity index (χ3n) is 1.91. The van der Waals surface area contributed by atoms with Gasteiger partial charge in [0.15, 0.2) is 7.85 Å². The van der Waals surface area contributed by atoms with E-state index in [-0.39, 0.29) is 11.3 Å². The van der Waals surface area contributed by atoms with Crippen molar-refractivity contribution in [2.45, 2.75) is 18.9 Å². The molecule has 2 radical (unpaired) electrons. The van der Waals surface area contributed by atoms with Crippen molar-refractivity contribution >= 4 is 15.8 Å². The first-order valence-electron chi connectivity index (χ1n) is 4.06. The maximum Gasteiger partial charge on any atom is 0.426 e. The van der Waals surface area contributed by atoms with Crippen LogP contribution in [-0.2, 0) is 9.26 Å². The van der Waals surface area contributed by atoms with E-state index in [1.165, 1.54) is 13.2 Å². The van der Waals surface area contributed by atoms with E-state index < -0.39 is 7.94 Å². The van der Waals surface area contributed by atoms with Gasteiger partial charge in [-0.05, 0) is 18.9 Å². The Balaban J connectivity index is 2.58. The lowest BCUT2D eigenvalue weighted by atomic mass is 10.1. The highest BCUT2D eigenvalue weighted by molar-refractivity contribution is 7.66. The fourth-order valence-corrected chi connectivity index (χ4v) is 1.70. The number of ether oxygens (including phenoxy) is 1. The highest BCUT2D eigenvalue weighted by Crippen LogP contribution is 2.57. The van der Waals surface area contributed by atoms with Crippen LogP contribution in [0.4, 0.5) is 0 Å². The van der Waals surface area contributed by atoms with Crippen molar-refractivity contribution in [1.82, 2.24) is 0 Å². The Hall–Kier alpha value is 0.0749. The summed E-state index contributed by atoms with van der Waals surface area (Å²) in [5.41, 5.74) is 0. The van der Waals surface area contributed by atoms with Crippen LogP contribution < -0.4 is 0 Å². The van der Waals surface area contributed by atoms with Gasteiger partial charge < -0.3 is 4.74 Å². The molecule has 0 aromatic rings. The van der Waals surface area contributed by atoms with E-state index in [0.29, 0.717) is 6.61 Å². The normalized spacial score (nSPS) is 25.2. The van der Waals surface area contributed by atoms with E-state index in [0.717, 1.165) is 12.8 Å². The van der Waals surface area contributed by atoms with Gasteiger partial charge in [0.05, 0.1) is 13.2 Å². The predicted octanol–water partition coefficient (Wildman–Crippen LogP) is 0.569. The molecule has 13 heavy (non-hydrogen) atoms. The van der Waals surface area contributed by atoms with Crippen LogP contribution in [0.15, 0.2) is 11.3 Å². The Morgan fingerprint density at radius 2 is 2.38 bits per heavy atom. The van der Waals surface area contributed by atoms with Crippen molar-refractivity contribution < 1.29 is 19.0 Å². The Morgan fingerprint density at radius 1 is 1.69 bits per heavy atom. The molecule has 1 rings (SSSR count). The quantitative estimate of drug-likeness (QED) is 0.519. The number of hydrogen-bond donors (Lipinski definition) is 2. The fraction of sp³-hybridized carbons (Fsp3) is 0.714. The molecule has 1 heterocycles. The molecule has 0 aromatic carbocycles. The van der Waals surface area contributed by atoms with Crippen molar-refractivity contribution in [3.63, 3.8) is 0 Å². The van der Waals surface area contributed by atoms with Gasteiger partial charge in [-0.1, -0.05) is 0 Å². The molecule has 0 bridgehead atoms. The van der Waals surface area contributed by atoms with E-state index in [2.05, 4.69) is 4.52 Å². The van der Waals surface area contributed by atoms with Crippen LogP contribution in [0.2, 0.25) is 0 Å². The monoisotopic (exact) mass is 203 g/mol. The molecule has 72 valence electrons. The van der Waals surface area contributed by atoms with Crippen molar-refractivity contribution in [3.8, 4) is 0 Å². The van der Waals surface area contributed by atoms with Gasteiger partial charge >= 0.3 is 7.94 Å². The molecule has 1 saturated heterocycles. The molecular weight excluding hydrogens is 190 g/mol. The standard InChI is InChI=1S/C7H13BO4P/c1-11-13(9,10)7(8)5-6-3-2-4-12-6/h5-6,9-10H,2-4H2,1H3/q+1/b7-5+/t6-/m0/s1. The van der Waals surface area contributed by atoms with Crippen molar-refractivity contribution in [3.05, 3.63) is 11.3 Å². The molecule has 1 fully saturated rings. The second-order valence-corrected chi connectivity index (χ2v) is 4.84. The molecule has 6 heteroatoms. The topological polar surface area (TPSA) is 58.9 Å². The predicted molar refractivity (Wildman–Crippen MR) is 51.2 cm³/mol. The first kappa shape index (κ1) is 11.2. The van der Waals surface area contributed by atoms with E-state index in [1.807, 2.05) is 0 Å². The summed E-state index contributed by atoms with van der Waals surface area (Å²) < 4.78 is 9.73. The summed E-state index contributed by atoms with van der Waals surface area (Å²) in [5, 5.41) is -0.0260. The summed E-state index contributed by atoms with van der Waals surface area (Å²) in [6.45, 7) is 0.698. The van der Waals surface area contributed by atoms with Gasteiger partial charge in [-0.3, -0.25) is 0 Å². The first-order chi connectivity index (χ1) is 6.06. The van der Waals surface area contributed by atoms with Crippen LogP contribution >= 0.6 is 7.94 Å². The second kappa shape index (κ2) is 4.53. The molecule has 0 amide bonds. The van der Waals surface area contributed by atoms with E-state index >= 15 is 0 Å². The maximum atomic E-state index is 9.25. The maximum absolute atomic E-state index is 9.25. The third kappa shape index (κ3) is 3.04. The molecule has 0 unspecified atom stereocenters. The van der Waals surface area contributed by atoms with Crippen molar-refractivity contribution in [2.24, 2.45) is 0 Å². The van der Waals surface area contributed by atoms with Gasteiger partial charge in [0.1, 0.15) is 5.21 Å². The summed E-state index contributed by atoms with van der Waals surface area (Å²) in [6, 6.07) is 0. The van der Waals surface area contributed by atoms with Crippen LogP contribution in [0.5, 0.6) is 0 Å². The summed E-state index contributed by atoms with van der Waals surface area (Å²) in [7, 11) is 3.15. The molecule has 2 N–H and O–H groups in total. The summed E-state index contributed by atoms with van der Waals surface area (Å²) in [5.74, 6) is 0. The lowest BCUT2D eigenvalue weighted by Crippen LogP contribution is -2.05. The minimum Gasteiger partial charge on any atom is -0.374 e. The second-order valence-electron chi connectivity index (χ2n) is 2.87. The van der Waals surface area contributed by atoms with E-state index in [4.69, 9.17) is 12.6 Å². The number of rotatable bonds is 3. The van der Waals surface area contributed by atoms with Gasteiger partial charge in [-0.2, -0.15) is 14.3 Å². The molecule has 1 atom stereocenters. The third-order valence-corrected chi connectivity index (χ3v) is 3.24. The van der Waals surface area contributed by atoms with E-state index in [1.54, 1.807) is 0 Å². The van der Waals surface area contributed by atoms with Gasteiger partial charge in [0, 0.05) is 6.61 Å². The minimum absolute atomic E-state index is 0.0260. The molecular formula is C7H13BO4P+. The number of hydrogen-bond acceptors (Lipinski definition) is 4. The lowest BCUT2D eigenvalue weighted by Gasteiger charge is -2.10. The summed E-state index contributed by atoms with van der Waals surface area (Å²) in [4.78, 5) is 18.5. The van der Waals surface area contributed by atoms with Gasteiger partial charge in [-0.25, -0.2) is 0 Å². The van der Waals surface area contributed by atoms with Gasteiger partial charge in [-0.15, -0.1) is 0 Å². The molecule has 4 nitrogen and oxygen atoms in total. The molecule has 0 aromatic heterocycles. The Bertz CT molecular complexity index is 201. The Labute approximate surface area is 79.5 Å². The smallest absolute Gasteiger partial charge is 0.374 e. The SMILES string of the molecule is [B]/C(=C\[C@@H]1CCCO1)[P+](O)(O)OC. The first-order valence-corrected chi connectivity index (χ1v) is 5.67. The highest BCUT2D eigenvalue weighted by atomic mass is 31.2. The van der Waals surface area contributed by atoms with E-state index in [9.17, 15) is 9.79 Å². The highest BCUT2D eigenvalue weighted by Gasteiger charge is 2.37. The van der Waals surface area contributed by atoms with Crippen LogP contribution in [-0.4, -0.2) is 37.5 Å². The van der Waals surface area contributed by atoms with Crippen molar-refractivity contribution in [1.29, 1.82) is 0 Å². The van der Waals surface area contributed by atoms with Crippen LogP contribution in [0.1, 0.15) is 12.8 Å². The zero-order valence-corrected chi connectivity index (χ0v) is 8.41. The average molecular weight is 203 g/mol. The lowest BCUT2D eigenvalue weighted by molar-refractivity contribution is 0.145. The fourth-order valence-electron chi connectivity index (χ4n) is 1.13. The molecule has 1 aliphatic rings. The molecule has 0 aliphatic carbocycles. The van der Waals surface area contributed by atoms with Crippen molar-refractivity contribution in [2.75, 3.05) is 13.7 Å². The summed E-state index contributed by atoms with van der Waals surface area (Å²) in [6.07, 6.45) is 3.26.